The number of unbranched alkanes of at least 4 members (excludes halogenated alkanes) is 3. The fourth-order valence-corrected chi connectivity index (χ4v) is 1.93. The van der Waals surface area contributed by atoms with Gasteiger partial charge in [0.15, 0.2) is 0 Å². The Labute approximate surface area is 101 Å². The molecule has 0 aromatic heterocycles. The first-order valence-electron chi connectivity index (χ1n) is 5.78. The normalized spacial score (nSPS) is 12.8. The molecule has 0 bridgehead atoms. The Morgan fingerprint density at radius 2 is 2.06 bits per heavy atom. The molecule has 1 rings (SSSR count). The first kappa shape index (κ1) is 13.5. The van der Waals surface area contributed by atoms with Crippen LogP contribution in [-0.4, -0.2) is 5.11 Å². The molecule has 0 amide bonds. The van der Waals surface area contributed by atoms with E-state index in [0.717, 1.165) is 19.3 Å². The monoisotopic (exact) mass is 244 g/mol. The van der Waals surface area contributed by atoms with E-state index >= 15 is 0 Å². The van der Waals surface area contributed by atoms with Crippen LogP contribution < -0.4 is 0 Å². The van der Waals surface area contributed by atoms with Crippen LogP contribution in [0.15, 0.2) is 18.2 Å². The van der Waals surface area contributed by atoms with Gasteiger partial charge in [0.2, 0.25) is 0 Å². The van der Waals surface area contributed by atoms with Crippen molar-refractivity contribution in [2.24, 2.45) is 0 Å². The van der Waals surface area contributed by atoms with Gasteiger partial charge < -0.3 is 5.11 Å². The van der Waals surface area contributed by atoms with E-state index in [4.69, 9.17) is 11.6 Å². The van der Waals surface area contributed by atoms with Gasteiger partial charge in [-0.3, -0.25) is 0 Å². The van der Waals surface area contributed by atoms with Crippen molar-refractivity contribution in [3.63, 3.8) is 0 Å². The quantitative estimate of drug-likeness (QED) is 0.732. The van der Waals surface area contributed by atoms with Gasteiger partial charge in [-0.15, -0.1) is 0 Å². The van der Waals surface area contributed by atoms with Gasteiger partial charge in [0, 0.05) is 10.6 Å². The Kier molecular flexibility index (Phi) is 5.78. The number of rotatable bonds is 6. The SMILES string of the molecule is CCCCCCC(O)c1cc(F)ccc1Cl. The molecule has 0 heterocycles. The summed E-state index contributed by atoms with van der Waals surface area (Å²) in [6.45, 7) is 2.14. The van der Waals surface area contributed by atoms with Gasteiger partial charge in [-0.2, -0.15) is 0 Å². The van der Waals surface area contributed by atoms with Crippen LogP contribution in [0.2, 0.25) is 5.02 Å². The number of hydrogen-bond acceptors (Lipinski definition) is 1. The number of aliphatic hydroxyl groups is 1. The van der Waals surface area contributed by atoms with E-state index in [1.165, 1.54) is 24.6 Å². The first-order valence-corrected chi connectivity index (χ1v) is 6.16. The van der Waals surface area contributed by atoms with Crippen LogP contribution in [0.4, 0.5) is 4.39 Å². The molecule has 0 saturated carbocycles. The van der Waals surface area contributed by atoms with Crippen molar-refractivity contribution in [2.45, 2.75) is 45.1 Å². The van der Waals surface area contributed by atoms with Gasteiger partial charge in [0.25, 0.3) is 0 Å². The highest BCUT2D eigenvalue weighted by atomic mass is 35.5. The van der Waals surface area contributed by atoms with Crippen LogP contribution in [0.3, 0.4) is 0 Å². The summed E-state index contributed by atoms with van der Waals surface area (Å²) in [5.74, 6) is -0.355. The van der Waals surface area contributed by atoms with Crippen LogP contribution in [-0.2, 0) is 0 Å². The zero-order chi connectivity index (χ0) is 12.0. The zero-order valence-electron chi connectivity index (χ0n) is 9.55. The van der Waals surface area contributed by atoms with Gasteiger partial charge in [0.1, 0.15) is 5.82 Å². The minimum Gasteiger partial charge on any atom is -0.388 e. The lowest BCUT2D eigenvalue weighted by atomic mass is 10.0. The topological polar surface area (TPSA) is 20.2 Å². The summed E-state index contributed by atoms with van der Waals surface area (Å²) in [6, 6.07) is 4.10. The Hall–Kier alpha value is -0.600. The third-order valence-corrected chi connectivity index (χ3v) is 2.99. The van der Waals surface area contributed by atoms with E-state index in [9.17, 15) is 9.50 Å². The molecule has 0 saturated heterocycles. The maximum absolute atomic E-state index is 13.0. The molecule has 0 fully saturated rings. The highest BCUT2D eigenvalue weighted by molar-refractivity contribution is 6.31. The second-order valence-electron chi connectivity index (χ2n) is 4.03. The highest BCUT2D eigenvalue weighted by Gasteiger charge is 2.12. The Morgan fingerprint density at radius 3 is 2.75 bits per heavy atom. The molecule has 1 N–H and O–H groups in total. The fraction of sp³-hybridized carbons (Fsp3) is 0.538. The Morgan fingerprint density at radius 1 is 1.31 bits per heavy atom. The summed E-state index contributed by atoms with van der Waals surface area (Å²) in [5.41, 5.74) is 0.498. The van der Waals surface area contributed by atoms with Crippen LogP contribution in [0.25, 0.3) is 0 Å². The van der Waals surface area contributed by atoms with Gasteiger partial charge in [-0.25, -0.2) is 4.39 Å². The van der Waals surface area contributed by atoms with Crippen molar-refractivity contribution >= 4 is 11.6 Å². The minimum absolute atomic E-state index is 0.355. The van der Waals surface area contributed by atoms with Crippen molar-refractivity contribution in [1.82, 2.24) is 0 Å². The second kappa shape index (κ2) is 6.87. The van der Waals surface area contributed by atoms with Gasteiger partial charge in [0.05, 0.1) is 6.10 Å². The van der Waals surface area contributed by atoms with E-state index in [1.54, 1.807) is 0 Å². The molecule has 1 atom stereocenters. The second-order valence-corrected chi connectivity index (χ2v) is 4.44. The summed E-state index contributed by atoms with van der Waals surface area (Å²) in [5, 5.41) is 10.3. The summed E-state index contributed by atoms with van der Waals surface area (Å²) in [4.78, 5) is 0. The highest BCUT2D eigenvalue weighted by Crippen LogP contribution is 2.27. The van der Waals surface area contributed by atoms with Crippen molar-refractivity contribution in [3.05, 3.63) is 34.6 Å². The third kappa shape index (κ3) is 4.11. The lowest BCUT2D eigenvalue weighted by Gasteiger charge is -2.12. The minimum atomic E-state index is -0.653. The molecule has 0 aliphatic carbocycles. The number of benzene rings is 1. The van der Waals surface area contributed by atoms with Crippen molar-refractivity contribution < 1.29 is 9.50 Å². The molecule has 0 spiro atoms. The van der Waals surface area contributed by atoms with Crippen LogP contribution in [0.1, 0.15) is 50.7 Å². The molecule has 3 heteroatoms. The van der Waals surface area contributed by atoms with E-state index in [2.05, 4.69) is 6.92 Å². The maximum Gasteiger partial charge on any atom is 0.123 e. The standard InChI is InChI=1S/C13H18ClFO/c1-2-3-4-5-6-13(16)11-9-10(15)7-8-12(11)14/h7-9,13,16H,2-6H2,1H3. The van der Waals surface area contributed by atoms with E-state index in [-0.39, 0.29) is 5.82 Å². The molecule has 1 aromatic carbocycles. The molecule has 0 radical (unpaired) electrons. The van der Waals surface area contributed by atoms with Gasteiger partial charge in [-0.1, -0.05) is 44.2 Å². The van der Waals surface area contributed by atoms with Crippen molar-refractivity contribution in [1.29, 1.82) is 0 Å². The van der Waals surface area contributed by atoms with Crippen LogP contribution >= 0.6 is 11.6 Å². The maximum atomic E-state index is 13.0. The Bertz CT molecular complexity index is 328. The summed E-state index contributed by atoms with van der Waals surface area (Å²) in [7, 11) is 0. The Balaban J connectivity index is 2.51. The van der Waals surface area contributed by atoms with E-state index < -0.39 is 6.10 Å². The molecular formula is C13H18ClFO. The average molecular weight is 245 g/mol. The molecule has 90 valence electrons. The molecular weight excluding hydrogens is 227 g/mol. The first-order chi connectivity index (χ1) is 7.65. The lowest BCUT2D eigenvalue weighted by molar-refractivity contribution is 0.163. The third-order valence-electron chi connectivity index (χ3n) is 2.65. The lowest BCUT2D eigenvalue weighted by Crippen LogP contribution is -1.99. The number of aliphatic hydroxyl groups excluding tert-OH is 1. The zero-order valence-corrected chi connectivity index (χ0v) is 10.3. The fourth-order valence-electron chi connectivity index (χ4n) is 1.69. The summed E-state index contributed by atoms with van der Waals surface area (Å²) < 4.78 is 13.0. The van der Waals surface area contributed by atoms with Crippen LogP contribution in [0.5, 0.6) is 0 Å². The van der Waals surface area contributed by atoms with Crippen molar-refractivity contribution in [2.75, 3.05) is 0 Å². The smallest absolute Gasteiger partial charge is 0.123 e. The summed E-state index contributed by atoms with van der Waals surface area (Å²) >= 11 is 5.90. The number of halogens is 2. The predicted molar refractivity (Wildman–Crippen MR) is 65.1 cm³/mol. The largest absolute Gasteiger partial charge is 0.388 e. The van der Waals surface area contributed by atoms with Gasteiger partial charge in [-0.05, 0) is 24.6 Å². The molecule has 0 aliphatic heterocycles. The average Bonchev–Trinajstić information content (AvgIpc) is 2.27. The van der Waals surface area contributed by atoms with Crippen molar-refractivity contribution in [3.8, 4) is 0 Å². The van der Waals surface area contributed by atoms with E-state index in [1.807, 2.05) is 0 Å². The molecule has 1 nitrogen and oxygen atoms in total. The summed E-state index contributed by atoms with van der Waals surface area (Å²) in [6.07, 6.45) is 4.37. The van der Waals surface area contributed by atoms with Gasteiger partial charge >= 0.3 is 0 Å². The van der Waals surface area contributed by atoms with Crippen LogP contribution in [0, 0.1) is 5.82 Å². The molecule has 0 aliphatic rings. The predicted octanol–water partition coefficient (Wildman–Crippen LogP) is 4.48. The molecule has 1 aromatic rings. The molecule has 16 heavy (non-hydrogen) atoms. The molecule has 1 unspecified atom stereocenters. The van der Waals surface area contributed by atoms with E-state index in [0.29, 0.717) is 17.0 Å². The number of hydrogen-bond donors (Lipinski definition) is 1.